The van der Waals surface area contributed by atoms with Gasteiger partial charge in [-0.25, -0.2) is 0 Å². The predicted octanol–water partition coefficient (Wildman–Crippen LogP) is 0.429. The Balaban J connectivity index is 2.78. The molecule has 90 valence electrons. The number of ether oxygens (including phenoxy) is 2. The van der Waals surface area contributed by atoms with Gasteiger partial charge in [0.1, 0.15) is 5.82 Å². The van der Waals surface area contributed by atoms with Crippen molar-refractivity contribution in [3.05, 3.63) is 5.82 Å². The van der Waals surface area contributed by atoms with Crippen LogP contribution in [0.1, 0.15) is 19.7 Å². The maximum absolute atomic E-state index is 4.98. The molecule has 1 aromatic rings. The number of rotatable bonds is 6. The van der Waals surface area contributed by atoms with Gasteiger partial charge in [-0.05, 0) is 13.5 Å². The molecule has 1 aromatic heterocycles. The van der Waals surface area contributed by atoms with Crippen molar-refractivity contribution in [2.45, 2.75) is 26.3 Å². The largest absolute Gasteiger partial charge is 0.467 e. The molecule has 0 radical (unpaired) electrons. The van der Waals surface area contributed by atoms with E-state index >= 15 is 0 Å². The number of aromatic nitrogens is 3. The normalized spacial score (nSPS) is 12.2. The van der Waals surface area contributed by atoms with Gasteiger partial charge in [0.15, 0.2) is 0 Å². The maximum Gasteiger partial charge on any atom is 0.322 e. The number of hydrogen-bond acceptors (Lipinski definition) is 6. The van der Waals surface area contributed by atoms with E-state index < -0.39 is 0 Å². The molecular formula is C10H18N4O2. The maximum atomic E-state index is 4.98. The minimum Gasteiger partial charge on any atom is -0.467 e. The lowest BCUT2D eigenvalue weighted by molar-refractivity contribution is 0.335. The molecule has 0 aliphatic carbocycles. The topological polar surface area (TPSA) is 69.2 Å². The van der Waals surface area contributed by atoms with Crippen LogP contribution in [-0.4, -0.2) is 41.8 Å². The van der Waals surface area contributed by atoms with Crippen molar-refractivity contribution in [2.24, 2.45) is 0 Å². The Labute approximate surface area is 95.4 Å². The lowest BCUT2D eigenvalue weighted by atomic mass is 10.2. The molecule has 0 saturated heterocycles. The molecular weight excluding hydrogens is 208 g/mol. The van der Waals surface area contributed by atoms with E-state index in [1.54, 1.807) is 0 Å². The van der Waals surface area contributed by atoms with Crippen LogP contribution in [0.15, 0.2) is 0 Å². The van der Waals surface area contributed by atoms with Gasteiger partial charge in [0.2, 0.25) is 0 Å². The van der Waals surface area contributed by atoms with E-state index in [4.69, 9.17) is 9.47 Å². The highest BCUT2D eigenvalue weighted by Gasteiger charge is 2.10. The van der Waals surface area contributed by atoms with Gasteiger partial charge in [-0.1, -0.05) is 6.92 Å². The quantitative estimate of drug-likeness (QED) is 0.758. The van der Waals surface area contributed by atoms with E-state index in [9.17, 15) is 0 Å². The summed E-state index contributed by atoms with van der Waals surface area (Å²) in [5.74, 6) is 0.664. The van der Waals surface area contributed by atoms with Gasteiger partial charge in [-0.15, -0.1) is 4.98 Å². The van der Waals surface area contributed by atoms with Crippen LogP contribution < -0.4 is 14.8 Å². The van der Waals surface area contributed by atoms with Crippen molar-refractivity contribution >= 4 is 0 Å². The van der Waals surface area contributed by atoms with Gasteiger partial charge < -0.3 is 14.8 Å². The average molecular weight is 226 g/mol. The summed E-state index contributed by atoms with van der Waals surface area (Å²) in [5, 5.41) is 3.29. The standard InChI is InChI=1S/C10H18N4O2/c1-5-11-7(2)6-8-12-9(15-3)14-10(13-8)16-4/h7,11H,5-6H2,1-4H3. The van der Waals surface area contributed by atoms with Gasteiger partial charge in [-0.3, -0.25) is 0 Å². The van der Waals surface area contributed by atoms with E-state index in [1.165, 1.54) is 14.2 Å². The molecule has 6 heteroatoms. The van der Waals surface area contributed by atoms with Crippen LogP contribution in [0.2, 0.25) is 0 Å². The fourth-order valence-corrected chi connectivity index (χ4v) is 1.35. The molecule has 0 bridgehead atoms. The van der Waals surface area contributed by atoms with Crippen LogP contribution in [0.25, 0.3) is 0 Å². The van der Waals surface area contributed by atoms with Gasteiger partial charge >= 0.3 is 12.0 Å². The molecule has 1 N–H and O–H groups in total. The molecule has 0 amide bonds. The van der Waals surface area contributed by atoms with Crippen molar-refractivity contribution in [1.29, 1.82) is 0 Å². The first kappa shape index (κ1) is 12.6. The second-order valence-electron chi connectivity index (χ2n) is 3.39. The molecule has 1 unspecified atom stereocenters. The average Bonchev–Trinajstić information content (AvgIpc) is 2.28. The highest BCUT2D eigenvalue weighted by molar-refractivity contribution is 5.06. The molecule has 0 aromatic carbocycles. The van der Waals surface area contributed by atoms with Crippen LogP contribution in [0.3, 0.4) is 0 Å². The van der Waals surface area contributed by atoms with Crippen LogP contribution in [-0.2, 0) is 6.42 Å². The Morgan fingerprint density at radius 3 is 2.12 bits per heavy atom. The summed E-state index contributed by atoms with van der Waals surface area (Å²) >= 11 is 0. The number of likely N-dealkylation sites (N-methyl/N-ethyl adjacent to an activating group) is 1. The molecule has 1 atom stereocenters. The number of nitrogens with one attached hydrogen (secondary N) is 1. The SMILES string of the molecule is CCNC(C)Cc1nc(OC)nc(OC)n1. The van der Waals surface area contributed by atoms with Crippen LogP contribution >= 0.6 is 0 Å². The lowest BCUT2D eigenvalue weighted by Gasteiger charge is -2.11. The highest BCUT2D eigenvalue weighted by Crippen LogP contribution is 2.09. The fraction of sp³-hybridized carbons (Fsp3) is 0.700. The Morgan fingerprint density at radius 2 is 1.69 bits per heavy atom. The van der Waals surface area contributed by atoms with E-state index in [0.29, 0.717) is 18.3 Å². The summed E-state index contributed by atoms with van der Waals surface area (Å²) in [4.78, 5) is 12.3. The van der Waals surface area contributed by atoms with Crippen molar-refractivity contribution in [2.75, 3.05) is 20.8 Å². The zero-order valence-corrected chi connectivity index (χ0v) is 10.1. The molecule has 0 fully saturated rings. The first-order valence-electron chi connectivity index (χ1n) is 5.25. The molecule has 16 heavy (non-hydrogen) atoms. The summed E-state index contributed by atoms with van der Waals surface area (Å²) in [5.41, 5.74) is 0. The van der Waals surface area contributed by atoms with Gasteiger partial charge in [0.25, 0.3) is 0 Å². The molecule has 0 aliphatic heterocycles. The fourth-order valence-electron chi connectivity index (χ4n) is 1.35. The van der Waals surface area contributed by atoms with Crippen molar-refractivity contribution < 1.29 is 9.47 Å². The predicted molar refractivity (Wildman–Crippen MR) is 59.8 cm³/mol. The minimum atomic E-state index is 0.283. The Kier molecular flexibility index (Phi) is 4.91. The number of methoxy groups -OCH3 is 2. The van der Waals surface area contributed by atoms with E-state index in [1.807, 2.05) is 0 Å². The third kappa shape index (κ3) is 3.62. The van der Waals surface area contributed by atoms with Gasteiger partial charge in [0, 0.05) is 12.5 Å². The molecule has 0 spiro atoms. The van der Waals surface area contributed by atoms with Crippen molar-refractivity contribution in [3.63, 3.8) is 0 Å². The lowest BCUT2D eigenvalue weighted by Crippen LogP contribution is -2.28. The molecule has 1 heterocycles. The highest BCUT2D eigenvalue weighted by atomic mass is 16.5. The minimum absolute atomic E-state index is 0.283. The summed E-state index contributed by atoms with van der Waals surface area (Å²) in [6, 6.07) is 0.873. The first-order chi connectivity index (χ1) is 7.69. The van der Waals surface area contributed by atoms with E-state index in [2.05, 4.69) is 34.1 Å². The van der Waals surface area contributed by atoms with Crippen LogP contribution in [0, 0.1) is 0 Å². The first-order valence-corrected chi connectivity index (χ1v) is 5.25. The van der Waals surface area contributed by atoms with Crippen molar-refractivity contribution in [1.82, 2.24) is 20.3 Å². The molecule has 0 aliphatic rings. The van der Waals surface area contributed by atoms with E-state index in [0.717, 1.165) is 6.54 Å². The third-order valence-electron chi connectivity index (χ3n) is 2.05. The zero-order valence-electron chi connectivity index (χ0n) is 10.1. The summed E-state index contributed by atoms with van der Waals surface area (Å²) in [6.45, 7) is 5.05. The smallest absolute Gasteiger partial charge is 0.322 e. The number of hydrogen-bond donors (Lipinski definition) is 1. The molecule has 1 rings (SSSR count). The molecule has 6 nitrogen and oxygen atoms in total. The Hall–Kier alpha value is -1.43. The summed E-state index contributed by atoms with van der Waals surface area (Å²) < 4.78 is 9.95. The molecule has 0 saturated carbocycles. The number of nitrogens with zero attached hydrogens (tertiary/aromatic N) is 3. The van der Waals surface area contributed by atoms with E-state index in [-0.39, 0.29) is 12.0 Å². The van der Waals surface area contributed by atoms with Crippen LogP contribution in [0.5, 0.6) is 12.0 Å². The Morgan fingerprint density at radius 1 is 1.12 bits per heavy atom. The zero-order chi connectivity index (χ0) is 12.0. The third-order valence-corrected chi connectivity index (χ3v) is 2.05. The Bertz CT molecular complexity index is 310. The van der Waals surface area contributed by atoms with Gasteiger partial charge in [0.05, 0.1) is 14.2 Å². The monoisotopic (exact) mass is 226 g/mol. The van der Waals surface area contributed by atoms with Crippen molar-refractivity contribution in [3.8, 4) is 12.0 Å². The van der Waals surface area contributed by atoms with Gasteiger partial charge in [-0.2, -0.15) is 9.97 Å². The van der Waals surface area contributed by atoms with Crippen LogP contribution in [0.4, 0.5) is 0 Å². The second kappa shape index (κ2) is 6.22. The summed E-state index contributed by atoms with van der Waals surface area (Å²) in [7, 11) is 3.04. The summed E-state index contributed by atoms with van der Waals surface area (Å²) in [6.07, 6.45) is 0.711. The second-order valence-corrected chi connectivity index (χ2v) is 3.39.